The topological polar surface area (TPSA) is 51.1 Å². The summed E-state index contributed by atoms with van der Waals surface area (Å²) in [6.07, 6.45) is 3.63. The number of rotatable bonds is 6. The van der Waals surface area contributed by atoms with Gasteiger partial charge in [-0.05, 0) is 49.0 Å². The molecule has 0 aliphatic heterocycles. The van der Waals surface area contributed by atoms with E-state index in [-0.39, 0.29) is 0 Å². The maximum Gasteiger partial charge on any atom is 0.175 e. The monoisotopic (exact) mass is 386 g/mol. The Hall–Kier alpha value is -2.57. The maximum atomic E-state index is 5.91. The minimum Gasteiger partial charge on any atom is -0.492 e. The molecule has 26 heavy (non-hydrogen) atoms. The van der Waals surface area contributed by atoms with Crippen molar-refractivity contribution in [2.45, 2.75) is 13.5 Å². The lowest BCUT2D eigenvalue weighted by molar-refractivity contribution is 0.342. The Morgan fingerprint density at radius 1 is 1.15 bits per heavy atom. The van der Waals surface area contributed by atoms with Crippen molar-refractivity contribution in [1.29, 1.82) is 0 Å². The zero-order chi connectivity index (χ0) is 18.4. The molecule has 0 amide bonds. The van der Waals surface area contributed by atoms with Gasteiger partial charge in [0, 0.05) is 11.2 Å². The maximum absolute atomic E-state index is 5.91. The van der Waals surface area contributed by atoms with Gasteiger partial charge in [-0.15, -0.1) is 0 Å². The fourth-order valence-corrected chi connectivity index (χ4v) is 2.78. The second-order valence-electron chi connectivity index (χ2n) is 5.56. The van der Waals surface area contributed by atoms with Crippen LogP contribution in [0.1, 0.15) is 12.5 Å². The van der Waals surface area contributed by atoms with Crippen LogP contribution in [0.2, 0.25) is 5.02 Å². The molecule has 1 heterocycles. The van der Waals surface area contributed by atoms with E-state index in [0.29, 0.717) is 18.3 Å². The molecule has 3 aromatic rings. The van der Waals surface area contributed by atoms with E-state index in [1.807, 2.05) is 66.3 Å². The average molecular weight is 387 g/mol. The van der Waals surface area contributed by atoms with E-state index < -0.39 is 0 Å². The number of para-hydroxylation sites is 2. The first-order valence-electron chi connectivity index (χ1n) is 8.21. The summed E-state index contributed by atoms with van der Waals surface area (Å²) in [7, 11) is 0. The molecule has 0 fully saturated rings. The largest absolute Gasteiger partial charge is 0.492 e. The second-order valence-corrected chi connectivity index (χ2v) is 6.41. The molecule has 2 aromatic carbocycles. The summed E-state index contributed by atoms with van der Waals surface area (Å²) >= 11 is 11.3. The van der Waals surface area contributed by atoms with E-state index in [9.17, 15) is 0 Å². The number of ether oxygens (including phenoxy) is 1. The molecule has 0 saturated heterocycles. The molecule has 1 aromatic heterocycles. The van der Waals surface area contributed by atoms with E-state index in [4.69, 9.17) is 28.6 Å². The van der Waals surface area contributed by atoms with E-state index >= 15 is 0 Å². The fraction of sp³-hybridized carbons (Fsp3) is 0.158. The molecule has 5 nitrogen and oxygen atoms in total. The van der Waals surface area contributed by atoms with Crippen LogP contribution in [-0.4, -0.2) is 21.5 Å². The predicted molar refractivity (Wildman–Crippen MR) is 110 cm³/mol. The summed E-state index contributed by atoms with van der Waals surface area (Å²) in [6, 6.07) is 15.4. The zero-order valence-electron chi connectivity index (χ0n) is 14.3. The van der Waals surface area contributed by atoms with E-state index in [0.717, 1.165) is 27.7 Å². The molecule has 0 radical (unpaired) electrons. The van der Waals surface area contributed by atoms with Gasteiger partial charge < -0.3 is 15.4 Å². The minimum absolute atomic E-state index is 0.475. The van der Waals surface area contributed by atoms with Crippen molar-refractivity contribution in [1.82, 2.24) is 9.78 Å². The molecular weight excluding hydrogens is 368 g/mol. The molecule has 2 N–H and O–H groups in total. The third kappa shape index (κ3) is 4.97. The average Bonchev–Trinajstić information content (AvgIpc) is 3.05. The summed E-state index contributed by atoms with van der Waals surface area (Å²) in [5.74, 6) is 0.762. The number of aromatic nitrogens is 2. The summed E-state index contributed by atoms with van der Waals surface area (Å²) in [5, 5.41) is 11.8. The lowest BCUT2D eigenvalue weighted by Crippen LogP contribution is -2.19. The first-order valence-corrected chi connectivity index (χ1v) is 8.99. The van der Waals surface area contributed by atoms with E-state index in [1.165, 1.54) is 0 Å². The molecule has 0 bridgehead atoms. The number of hydrogen-bond acceptors (Lipinski definition) is 3. The third-order valence-electron chi connectivity index (χ3n) is 3.58. The summed E-state index contributed by atoms with van der Waals surface area (Å²) in [6.45, 7) is 3.20. The van der Waals surface area contributed by atoms with Crippen LogP contribution in [0, 0.1) is 0 Å². The smallest absolute Gasteiger partial charge is 0.175 e. The van der Waals surface area contributed by atoms with Gasteiger partial charge in [-0.3, -0.25) is 4.68 Å². The first kappa shape index (κ1) is 18.2. The van der Waals surface area contributed by atoms with Crippen LogP contribution in [0.3, 0.4) is 0 Å². The standard InChI is InChI=1S/C19H19ClN4OS/c1-2-25-18-6-4-3-5-17(18)23-19(26)22-16-11-21-24(13-16)12-14-7-9-15(20)10-8-14/h3-11,13H,2,12H2,1H3,(H2,22,23,26). The van der Waals surface area contributed by atoms with Crippen LogP contribution < -0.4 is 15.4 Å². The molecule has 3 rings (SSSR count). The highest BCUT2D eigenvalue weighted by atomic mass is 35.5. The van der Waals surface area contributed by atoms with Crippen molar-refractivity contribution in [2.24, 2.45) is 0 Å². The van der Waals surface area contributed by atoms with Crippen molar-refractivity contribution in [3.05, 3.63) is 71.5 Å². The summed E-state index contributed by atoms with van der Waals surface area (Å²) in [5.41, 5.74) is 2.75. The Bertz CT molecular complexity index is 879. The minimum atomic E-state index is 0.475. The van der Waals surface area contributed by atoms with Gasteiger partial charge in [-0.25, -0.2) is 0 Å². The van der Waals surface area contributed by atoms with Crippen molar-refractivity contribution < 1.29 is 4.74 Å². The van der Waals surface area contributed by atoms with E-state index in [1.54, 1.807) is 6.20 Å². The van der Waals surface area contributed by atoms with E-state index in [2.05, 4.69) is 15.7 Å². The Kier molecular flexibility index (Phi) is 6.09. The fourth-order valence-electron chi connectivity index (χ4n) is 2.43. The van der Waals surface area contributed by atoms with Crippen LogP contribution in [0.5, 0.6) is 5.75 Å². The molecule has 0 aliphatic carbocycles. The predicted octanol–water partition coefficient (Wildman–Crippen LogP) is 4.79. The molecule has 134 valence electrons. The Labute approximate surface area is 162 Å². The number of nitrogens with one attached hydrogen (secondary N) is 2. The van der Waals surface area contributed by atoms with Gasteiger partial charge in [0.25, 0.3) is 0 Å². The lowest BCUT2D eigenvalue weighted by Gasteiger charge is -2.13. The lowest BCUT2D eigenvalue weighted by atomic mass is 10.2. The number of nitrogens with zero attached hydrogens (tertiary/aromatic N) is 2. The zero-order valence-corrected chi connectivity index (χ0v) is 15.8. The van der Waals surface area contributed by atoms with Crippen molar-refractivity contribution in [3.63, 3.8) is 0 Å². The highest BCUT2D eigenvalue weighted by molar-refractivity contribution is 7.80. The highest BCUT2D eigenvalue weighted by Crippen LogP contribution is 2.24. The number of hydrogen-bond donors (Lipinski definition) is 2. The van der Waals surface area contributed by atoms with Crippen LogP contribution >= 0.6 is 23.8 Å². The molecule has 0 unspecified atom stereocenters. The normalized spacial score (nSPS) is 10.4. The van der Waals surface area contributed by atoms with Gasteiger partial charge in [-0.1, -0.05) is 35.9 Å². The molecular formula is C19H19ClN4OS. The van der Waals surface area contributed by atoms with Gasteiger partial charge in [0.1, 0.15) is 5.75 Å². The first-order chi connectivity index (χ1) is 12.6. The van der Waals surface area contributed by atoms with Crippen LogP contribution in [0.15, 0.2) is 60.9 Å². The Morgan fingerprint density at radius 3 is 2.69 bits per heavy atom. The van der Waals surface area contributed by atoms with Gasteiger partial charge in [-0.2, -0.15) is 5.10 Å². The molecule has 0 spiro atoms. The summed E-state index contributed by atoms with van der Waals surface area (Å²) < 4.78 is 7.43. The molecule has 0 saturated carbocycles. The number of thiocarbonyl (C=S) groups is 1. The van der Waals surface area contributed by atoms with Gasteiger partial charge >= 0.3 is 0 Å². The van der Waals surface area contributed by atoms with Crippen LogP contribution in [-0.2, 0) is 6.54 Å². The highest BCUT2D eigenvalue weighted by Gasteiger charge is 2.06. The Balaban J connectivity index is 1.60. The second kappa shape index (κ2) is 8.69. The number of halogens is 1. The van der Waals surface area contributed by atoms with Crippen molar-refractivity contribution in [2.75, 3.05) is 17.2 Å². The molecule has 7 heteroatoms. The number of anilines is 2. The van der Waals surface area contributed by atoms with Crippen molar-refractivity contribution >= 4 is 40.3 Å². The van der Waals surface area contributed by atoms with Gasteiger partial charge in [0.2, 0.25) is 0 Å². The van der Waals surface area contributed by atoms with Crippen molar-refractivity contribution in [3.8, 4) is 5.75 Å². The third-order valence-corrected chi connectivity index (χ3v) is 4.04. The SMILES string of the molecule is CCOc1ccccc1NC(=S)Nc1cnn(Cc2ccc(Cl)cc2)c1. The molecule has 0 atom stereocenters. The van der Waals surface area contributed by atoms with Crippen LogP contribution in [0.4, 0.5) is 11.4 Å². The number of benzene rings is 2. The quantitative estimate of drug-likeness (QED) is 0.596. The molecule has 0 aliphatic rings. The van der Waals surface area contributed by atoms with Gasteiger partial charge in [0.15, 0.2) is 5.11 Å². The van der Waals surface area contributed by atoms with Crippen LogP contribution in [0.25, 0.3) is 0 Å². The Morgan fingerprint density at radius 2 is 1.92 bits per heavy atom. The summed E-state index contributed by atoms with van der Waals surface area (Å²) in [4.78, 5) is 0. The van der Waals surface area contributed by atoms with Gasteiger partial charge in [0.05, 0.1) is 30.7 Å².